The Hall–Kier alpha value is -2.51. The molecule has 0 unspecified atom stereocenters. The summed E-state index contributed by atoms with van der Waals surface area (Å²) < 4.78 is 4.53. The molecular formula is C9H10N6O2. The molecule has 0 radical (unpaired) electrons. The van der Waals surface area contributed by atoms with E-state index in [9.17, 15) is 4.79 Å². The van der Waals surface area contributed by atoms with Crippen LogP contribution in [0.3, 0.4) is 0 Å². The molecule has 0 saturated carbocycles. The Morgan fingerprint density at radius 3 is 2.82 bits per heavy atom. The van der Waals surface area contributed by atoms with E-state index in [0.29, 0.717) is 11.6 Å². The molecule has 0 aromatic carbocycles. The van der Waals surface area contributed by atoms with Gasteiger partial charge in [-0.1, -0.05) is 5.16 Å². The number of aromatic nitrogens is 4. The Morgan fingerprint density at radius 2 is 2.24 bits per heavy atom. The van der Waals surface area contributed by atoms with E-state index in [1.54, 1.807) is 7.05 Å². The van der Waals surface area contributed by atoms with Crippen molar-refractivity contribution < 1.29 is 9.32 Å². The summed E-state index contributed by atoms with van der Waals surface area (Å²) in [6, 6.07) is 0. The van der Waals surface area contributed by atoms with Gasteiger partial charge >= 0.3 is 0 Å². The lowest BCUT2D eigenvalue weighted by molar-refractivity contribution is 0.0944. The first kappa shape index (κ1) is 11.0. The van der Waals surface area contributed by atoms with Crippen molar-refractivity contribution in [1.29, 1.82) is 0 Å². The van der Waals surface area contributed by atoms with Gasteiger partial charge in [0.2, 0.25) is 6.39 Å². The molecule has 0 fully saturated rings. The third kappa shape index (κ3) is 2.74. The fourth-order valence-electron chi connectivity index (χ4n) is 1.09. The van der Waals surface area contributed by atoms with Gasteiger partial charge in [0.1, 0.15) is 11.5 Å². The van der Waals surface area contributed by atoms with E-state index in [1.165, 1.54) is 18.8 Å². The number of rotatable bonds is 4. The number of carbonyl (C=O) groups is 1. The Balaban J connectivity index is 1.95. The zero-order valence-corrected chi connectivity index (χ0v) is 9.04. The average molecular weight is 234 g/mol. The van der Waals surface area contributed by atoms with Crippen LogP contribution in [0.1, 0.15) is 16.3 Å². The molecule has 1 amide bonds. The lowest BCUT2D eigenvalue weighted by atomic mass is 10.4. The van der Waals surface area contributed by atoms with Crippen LogP contribution < -0.4 is 10.6 Å². The average Bonchev–Trinajstić information content (AvgIpc) is 2.89. The first-order valence-corrected chi connectivity index (χ1v) is 4.83. The number of hydrogen-bond acceptors (Lipinski definition) is 7. The van der Waals surface area contributed by atoms with E-state index in [1.807, 2.05) is 0 Å². The van der Waals surface area contributed by atoms with E-state index in [-0.39, 0.29) is 18.1 Å². The van der Waals surface area contributed by atoms with Crippen LogP contribution in [-0.2, 0) is 6.54 Å². The summed E-state index contributed by atoms with van der Waals surface area (Å²) in [5, 5.41) is 8.96. The van der Waals surface area contributed by atoms with Crippen molar-refractivity contribution in [3.05, 3.63) is 30.3 Å². The predicted octanol–water partition coefficient (Wildman–Crippen LogP) is -0.169. The SMILES string of the molecule is CNc1cnc(C(=O)NCc2ncon2)cn1. The molecule has 2 N–H and O–H groups in total. The largest absolute Gasteiger partial charge is 0.372 e. The van der Waals surface area contributed by atoms with Gasteiger partial charge in [0.15, 0.2) is 5.82 Å². The van der Waals surface area contributed by atoms with Gasteiger partial charge in [-0.25, -0.2) is 9.97 Å². The number of amides is 1. The van der Waals surface area contributed by atoms with Crippen LogP contribution >= 0.6 is 0 Å². The molecule has 0 atom stereocenters. The minimum absolute atomic E-state index is 0.185. The van der Waals surface area contributed by atoms with Gasteiger partial charge in [-0.2, -0.15) is 4.98 Å². The van der Waals surface area contributed by atoms with Gasteiger partial charge in [-0.05, 0) is 0 Å². The Kier molecular flexibility index (Phi) is 3.24. The summed E-state index contributed by atoms with van der Waals surface area (Å²) in [4.78, 5) is 23.3. The van der Waals surface area contributed by atoms with Crippen LogP contribution in [0.5, 0.6) is 0 Å². The lowest BCUT2D eigenvalue weighted by Gasteiger charge is -2.02. The minimum atomic E-state index is -0.343. The zero-order valence-electron chi connectivity index (χ0n) is 9.04. The number of nitrogens with one attached hydrogen (secondary N) is 2. The van der Waals surface area contributed by atoms with Gasteiger partial charge in [-0.3, -0.25) is 4.79 Å². The quantitative estimate of drug-likeness (QED) is 0.756. The standard InChI is InChI=1S/C9H10N6O2/c1-10-7-3-11-6(2-12-7)9(16)13-4-8-14-5-17-15-8/h2-3,5H,4H2,1H3,(H,10,12)(H,13,16). The molecule has 88 valence electrons. The first-order chi connectivity index (χ1) is 8.29. The van der Waals surface area contributed by atoms with Gasteiger partial charge < -0.3 is 15.2 Å². The molecule has 0 aliphatic carbocycles. The van der Waals surface area contributed by atoms with E-state index < -0.39 is 0 Å². The molecule has 2 aromatic rings. The molecule has 0 aliphatic heterocycles. The van der Waals surface area contributed by atoms with Crippen molar-refractivity contribution in [2.45, 2.75) is 6.54 Å². The van der Waals surface area contributed by atoms with Crippen molar-refractivity contribution in [2.75, 3.05) is 12.4 Å². The maximum Gasteiger partial charge on any atom is 0.271 e. The highest BCUT2D eigenvalue weighted by molar-refractivity contribution is 5.91. The van der Waals surface area contributed by atoms with E-state index in [4.69, 9.17) is 0 Å². The predicted molar refractivity (Wildman–Crippen MR) is 57.0 cm³/mol. The summed E-state index contributed by atoms with van der Waals surface area (Å²) in [6.45, 7) is 0.185. The maximum absolute atomic E-state index is 11.6. The molecular weight excluding hydrogens is 224 g/mol. The van der Waals surface area contributed by atoms with Crippen LogP contribution in [0.2, 0.25) is 0 Å². The topological polar surface area (TPSA) is 106 Å². The lowest BCUT2D eigenvalue weighted by Crippen LogP contribution is -2.24. The molecule has 0 bridgehead atoms. The van der Waals surface area contributed by atoms with Crippen molar-refractivity contribution in [1.82, 2.24) is 25.4 Å². The van der Waals surface area contributed by atoms with Crippen LogP contribution in [0, 0.1) is 0 Å². The molecule has 17 heavy (non-hydrogen) atoms. The summed E-state index contributed by atoms with van der Waals surface area (Å²) >= 11 is 0. The van der Waals surface area contributed by atoms with Crippen LogP contribution in [0.25, 0.3) is 0 Å². The summed E-state index contributed by atoms with van der Waals surface area (Å²) in [6.07, 6.45) is 4.06. The van der Waals surface area contributed by atoms with Gasteiger partial charge in [0.05, 0.1) is 18.9 Å². The third-order valence-electron chi connectivity index (χ3n) is 1.95. The normalized spacial score (nSPS) is 9.94. The molecule has 8 nitrogen and oxygen atoms in total. The molecule has 2 aromatic heterocycles. The number of hydrogen-bond donors (Lipinski definition) is 2. The molecule has 0 spiro atoms. The van der Waals surface area contributed by atoms with E-state index in [2.05, 4.69) is 35.3 Å². The van der Waals surface area contributed by atoms with Crippen LogP contribution in [-0.4, -0.2) is 33.1 Å². The molecule has 2 heterocycles. The smallest absolute Gasteiger partial charge is 0.271 e. The fraction of sp³-hybridized carbons (Fsp3) is 0.222. The summed E-state index contributed by atoms with van der Waals surface area (Å²) in [5.41, 5.74) is 0.229. The van der Waals surface area contributed by atoms with Crippen molar-refractivity contribution in [2.24, 2.45) is 0 Å². The molecule has 0 aliphatic rings. The van der Waals surface area contributed by atoms with Crippen molar-refractivity contribution >= 4 is 11.7 Å². The van der Waals surface area contributed by atoms with Crippen LogP contribution in [0.15, 0.2) is 23.3 Å². The Bertz CT molecular complexity index is 481. The fourth-order valence-corrected chi connectivity index (χ4v) is 1.09. The third-order valence-corrected chi connectivity index (χ3v) is 1.95. The first-order valence-electron chi connectivity index (χ1n) is 4.83. The highest BCUT2D eigenvalue weighted by Gasteiger charge is 2.08. The second kappa shape index (κ2) is 5.01. The van der Waals surface area contributed by atoms with Gasteiger partial charge in [0, 0.05) is 7.05 Å². The molecule has 2 rings (SSSR count). The van der Waals surface area contributed by atoms with Gasteiger partial charge in [-0.15, -0.1) is 0 Å². The summed E-state index contributed by atoms with van der Waals surface area (Å²) in [5.74, 6) is 0.655. The minimum Gasteiger partial charge on any atom is -0.372 e. The van der Waals surface area contributed by atoms with Crippen molar-refractivity contribution in [3.63, 3.8) is 0 Å². The van der Waals surface area contributed by atoms with Crippen LogP contribution in [0.4, 0.5) is 5.82 Å². The second-order valence-electron chi connectivity index (χ2n) is 3.07. The zero-order chi connectivity index (χ0) is 12.1. The molecule has 8 heteroatoms. The highest BCUT2D eigenvalue weighted by Crippen LogP contribution is 1.99. The summed E-state index contributed by atoms with van der Waals surface area (Å²) in [7, 11) is 1.72. The van der Waals surface area contributed by atoms with E-state index in [0.717, 1.165) is 0 Å². The van der Waals surface area contributed by atoms with Crippen molar-refractivity contribution in [3.8, 4) is 0 Å². The Morgan fingerprint density at radius 1 is 1.35 bits per heavy atom. The van der Waals surface area contributed by atoms with E-state index >= 15 is 0 Å². The van der Waals surface area contributed by atoms with Gasteiger partial charge in [0.25, 0.3) is 5.91 Å². The number of nitrogens with zero attached hydrogens (tertiary/aromatic N) is 4. The Labute approximate surface area is 96.5 Å². The second-order valence-corrected chi connectivity index (χ2v) is 3.07. The number of anilines is 1. The maximum atomic E-state index is 11.6. The number of carbonyl (C=O) groups excluding carboxylic acids is 1. The molecule has 0 saturated heterocycles. The highest BCUT2D eigenvalue weighted by atomic mass is 16.5. The monoisotopic (exact) mass is 234 g/mol.